The first kappa shape index (κ1) is 19.3. The number of halogens is 1. The Kier molecular flexibility index (Phi) is 7.89. The van der Waals surface area contributed by atoms with Gasteiger partial charge in [0, 0.05) is 17.8 Å². The van der Waals surface area contributed by atoms with Gasteiger partial charge in [0.25, 0.3) is 0 Å². The minimum Gasteiger partial charge on any atom is -0.399 e. The van der Waals surface area contributed by atoms with Gasteiger partial charge >= 0.3 is 0 Å². The van der Waals surface area contributed by atoms with Gasteiger partial charge in [0.15, 0.2) is 0 Å². The summed E-state index contributed by atoms with van der Waals surface area (Å²) in [6.07, 6.45) is 6.49. The topological polar surface area (TPSA) is 84.2 Å². The highest BCUT2D eigenvalue weighted by Gasteiger charge is 2.16. The van der Waals surface area contributed by atoms with E-state index in [9.17, 15) is 9.59 Å². The number of hydrogen-bond donors (Lipinski definition) is 3. The maximum absolute atomic E-state index is 11.9. The molecule has 0 saturated heterocycles. The van der Waals surface area contributed by atoms with Gasteiger partial charge in [-0.25, -0.2) is 0 Å². The molecule has 1 aliphatic rings. The van der Waals surface area contributed by atoms with Crippen molar-refractivity contribution in [2.45, 2.75) is 45.4 Å². The summed E-state index contributed by atoms with van der Waals surface area (Å²) in [6.45, 7) is 1.90. The lowest BCUT2D eigenvalue weighted by Gasteiger charge is -2.11. The zero-order valence-electron chi connectivity index (χ0n) is 13.6. The molecule has 0 unspecified atom stereocenters. The van der Waals surface area contributed by atoms with Crippen molar-refractivity contribution in [2.24, 2.45) is 5.92 Å². The van der Waals surface area contributed by atoms with Crippen molar-refractivity contribution in [2.75, 3.05) is 17.6 Å². The normalized spacial score (nSPS) is 14.1. The van der Waals surface area contributed by atoms with Crippen LogP contribution in [0.25, 0.3) is 0 Å². The zero-order valence-corrected chi connectivity index (χ0v) is 14.4. The van der Waals surface area contributed by atoms with Crippen molar-refractivity contribution in [3.8, 4) is 0 Å². The largest absolute Gasteiger partial charge is 0.399 e. The molecule has 1 aromatic rings. The van der Waals surface area contributed by atoms with Crippen LogP contribution in [0.1, 0.15) is 44.1 Å². The summed E-state index contributed by atoms with van der Waals surface area (Å²) in [5.74, 6) is 0.406. The van der Waals surface area contributed by atoms with Crippen molar-refractivity contribution < 1.29 is 9.59 Å². The Morgan fingerprint density at radius 2 is 1.91 bits per heavy atom. The minimum absolute atomic E-state index is 0. The minimum atomic E-state index is -0.233. The third-order valence-corrected chi connectivity index (χ3v) is 4.24. The molecule has 0 spiro atoms. The molecule has 0 radical (unpaired) electrons. The van der Waals surface area contributed by atoms with Crippen molar-refractivity contribution in [3.63, 3.8) is 0 Å². The molecule has 4 N–H and O–H groups in total. The summed E-state index contributed by atoms with van der Waals surface area (Å²) >= 11 is 0. The first-order valence-corrected chi connectivity index (χ1v) is 7.97. The van der Waals surface area contributed by atoms with E-state index in [1.54, 1.807) is 12.1 Å². The number of nitrogen functional groups attached to an aromatic ring is 1. The molecule has 5 nitrogen and oxygen atoms in total. The van der Waals surface area contributed by atoms with Gasteiger partial charge in [-0.3, -0.25) is 9.59 Å². The van der Waals surface area contributed by atoms with Gasteiger partial charge in [0.1, 0.15) is 0 Å². The quantitative estimate of drug-likeness (QED) is 0.696. The van der Waals surface area contributed by atoms with Crippen LogP contribution in [-0.2, 0) is 9.59 Å². The van der Waals surface area contributed by atoms with Crippen molar-refractivity contribution >= 4 is 35.6 Å². The second-order valence-corrected chi connectivity index (χ2v) is 6.09. The van der Waals surface area contributed by atoms with Gasteiger partial charge in [-0.15, -0.1) is 12.4 Å². The molecule has 1 aliphatic carbocycles. The smallest absolute Gasteiger partial charge is 0.243 e. The van der Waals surface area contributed by atoms with Gasteiger partial charge in [-0.2, -0.15) is 0 Å². The van der Waals surface area contributed by atoms with E-state index in [4.69, 9.17) is 5.73 Å². The highest BCUT2D eigenvalue weighted by atomic mass is 35.5. The van der Waals surface area contributed by atoms with Crippen molar-refractivity contribution in [1.82, 2.24) is 5.32 Å². The average molecular weight is 340 g/mol. The molecule has 0 atom stereocenters. The molecule has 0 aliphatic heterocycles. The number of nitrogens with one attached hydrogen (secondary N) is 2. The monoisotopic (exact) mass is 339 g/mol. The summed E-state index contributed by atoms with van der Waals surface area (Å²) in [5.41, 5.74) is 7.93. The highest BCUT2D eigenvalue weighted by Crippen LogP contribution is 2.28. The summed E-state index contributed by atoms with van der Waals surface area (Å²) in [6, 6.07) is 5.36. The van der Waals surface area contributed by atoms with E-state index in [1.807, 2.05) is 13.0 Å². The van der Waals surface area contributed by atoms with Crippen molar-refractivity contribution in [1.29, 1.82) is 0 Å². The summed E-state index contributed by atoms with van der Waals surface area (Å²) in [5, 5.41) is 5.45. The van der Waals surface area contributed by atoms with E-state index < -0.39 is 0 Å². The molecule has 0 aromatic heterocycles. The van der Waals surface area contributed by atoms with Gasteiger partial charge < -0.3 is 16.4 Å². The van der Waals surface area contributed by atoms with E-state index in [0.717, 1.165) is 12.0 Å². The van der Waals surface area contributed by atoms with Crippen LogP contribution in [0.5, 0.6) is 0 Å². The zero-order chi connectivity index (χ0) is 15.9. The Morgan fingerprint density at radius 3 is 2.61 bits per heavy atom. The summed E-state index contributed by atoms with van der Waals surface area (Å²) < 4.78 is 0. The Morgan fingerprint density at radius 1 is 1.22 bits per heavy atom. The molecule has 2 amide bonds. The lowest BCUT2D eigenvalue weighted by Crippen LogP contribution is -2.33. The van der Waals surface area contributed by atoms with Gasteiger partial charge in [0.2, 0.25) is 11.8 Å². The van der Waals surface area contributed by atoms with E-state index in [1.165, 1.54) is 25.7 Å². The molecule has 128 valence electrons. The number of rotatable bonds is 6. The molecule has 1 aromatic carbocycles. The van der Waals surface area contributed by atoms with Crippen LogP contribution in [0, 0.1) is 12.8 Å². The number of aryl methyl sites for hydroxylation is 1. The number of carbonyl (C=O) groups excluding carboxylic acids is 2. The second-order valence-electron chi connectivity index (χ2n) is 6.09. The number of amides is 2. The third-order valence-electron chi connectivity index (χ3n) is 4.24. The van der Waals surface area contributed by atoms with Crippen LogP contribution in [0.2, 0.25) is 0 Å². The third kappa shape index (κ3) is 6.48. The van der Waals surface area contributed by atoms with E-state index in [2.05, 4.69) is 10.6 Å². The Hall–Kier alpha value is -1.75. The Bertz CT molecular complexity index is 543. The van der Waals surface area contributed by atoms with E-state index >= 15 is 0 Å². The molecule has 23 heavy (non-hydrogen) atoms. The van der Waals surface area contributed by atoms with Crippen LogP contribution in [0.15, 0.2) is 18.2 Å². The van der Waals surface area contributed by atoms with Gasteiger partial charge in [-0.1, -0.05) is 31.7 Å². The van der Waals surface area contributed by atoms with Crippen LogP contribution >= 0.6 is 12.4 Å². The molecule has 2 rings (SSSR count). The van der Waals surface area contributed by atoms with Crippen LogP contribution < -0.4 is 16.4 Å². The Balaban J connectivity index is 0.00000264. The van der Waals surface area contributed by atoms with Gasteiger partial charge in [0.05, 0.1) is 6.54 Å². The maximum Gasteiger partial charge on any atom is 0.243 e. The maximum atomic E-state index is 11.9. The van der Waals surface area contributed by atoms with E-state index in [0.29, 0.717) is 23.7 Å². The number of carbonyl (C=O) groups is 2. The SMILES string of the molecule is Cc1ccc(N)cc1NC(=O)CNC(=O)CCC1CCCC1.Cl. The van der Waals surface area contributed by atoms with Gasteiger partial charge in [-0.05, 0) is 37.0 Å². The van der Waals surface area contributed by atoms with Crippen LogP contribution in [0.4, 0.5) is 11.4 Å². The second kappa shape index (κ2) is 9.40. The summed E-state index contributed by atoms with van der Waals surface area (Å²) in [7, 11) is 0. The first-order chi connectivity index (χ1) is 10.5. The predicted molar refractivity (Wildman–Crippen MR) is 95.7 cm³/mol. The highest BCUT2D eigenvalue weighted by molar-refractivity contribution is 5.95. The lowest BCUT2D eigenvalue weighted by molar-refractivity contribution is -0.124. The predicted octanol–water partition coefficient (Wildman–Crippen LogP) is 3.02. The van der Waals surface area contributed by atoms with Crippen molar-refractivity contribution in [3.05, 3.63) is 23.8 Å². The number of nitrogens with two attached hydrogens (primary N) is 1. The van der Waals surface area contributed by atoms with Crippen LogP contribution in [0.3, 0.4) is 0 Å². The molecular weight excluding hydrogens is 314 g/mol. The molecule has 0 heterocycles. The standard InChI is InChI=1S/C17H25N3O2.ClH/c1-12-6-8-14(18)10-15(12)20-17(22)11-19-16(21)9-7-13-4-2-3-5-13;/h6,8,10,13H,2-5,7,9,11,18H2,1H3,(H,19,21)(H,20,22);1H. The molecule has 1 fully saturated rings. The average Bonchev–Trinajstić information content (AvgIpc) is 3.00. The lowest BCUT2D eigenvalue weighted by atomic mass is 10.0. The number of anilines is 2. The number of benzene rings is 1. The fourth-order valence-electron chi connectivity index (χ4n) is 2.87. The molecular formula is C17H26ClN3O2. The fourth-order valence-corrected chi connectivity index (χ4v) is 2.87. The van der Waals surface area contributed by atoms with Crippen LogP contribution in [-0.4, -0.2) is 18.4 Å². The molecule has 0 bridgehead atoms. The fraction of sp³-hybridized carbons (Fsp3) is 0.529. The first-order valence-electron chi connectivity index (χ1n) is 7.97. The summed E-state index contributed by atoms with van der Waals surface area (Å²) in [4.78, 5) is 23.6. The number of hydrogen-bond acceptors (Lipinski definition) is 3. The molecule has 1 saturated carbocycles. The Labute approximate surface area is 143 Å². The molecule has 6 heteroatoms. The van der Waals surface area contributed by atoms with E-state index in [-0.39, 0.29) is 30.8 Å².